The molecule has 0 saturated heterocycles. The van der Waals surface area contributed by atoms with Crippen molar-refractivity contribution in [2.75, 3.05) is 0 Å². The summed E-state index contributed by atoms with van der Waals surface area (Å²) in [7, 11) is 0. The molecule has 84 valence electrons. The molecule has 0 fully saturated rings. The quantitative estimate of drug-likeness (QED) is 0.578. The number of rotatable bonds is 1. The molecule has 0 unspecified atom stereocenters. The normalized spacial score (nSPS) is 10.7. The molecule has 2 nitrogen and oxygen atoms in total. The summed E-state index contributed by atoms with van der Waals surface area (Å²) in [6.07, 6.45) is 0. The van der Waals surface area contributed by atoms with Crippen LogP contribution in [0.25, 0.3) is 0 Å². The molecule has 0 saturated carbocycles. The molecule has 1 N–H and O–H groups in total. The Labute approximate surface area is 109 Å². The Hall–Kier alpha value is -0.120. The highest BCUT2D eigenvalue weighted by Gasteiger charge is 2.23. The molecule has 0 spiro atoms. The van der Waals surface area contributed by atoms with Crippen molar-refractivity contribution in [1.29, 1.82) is 0 Å². The molecule has 0 aliphatic rings. The molecule has 0 amide bonds. The van der Waals surface area contributed by atoms with Gasteiger partial charge in [-0.2, -0.15) is 0 Å². The number of halogens is 3. The largest absolute Gasteiger partial charge is 0.275 e. The van der Waals surface area contributed by atoms with Crippen LogP contribution in [-0.4, -0.2) is 5.24 Å². The Bertz CT molecular complexity index is 374. The van der Waals surface area contributed by atoms with E-state index in [9.17, 15) is 4.79 Å². The van der Waals surface area contributed by atoms with E-state index in [4.69, 9.17) is 11.6 Å². The van der Waals surface area contributed by atoms with E-state index in [1.165, 1.54) is 0 Å². The van der Waals surface area contributed by atoms with Crippen LogP contribution in [0.5, 0.6) is 0 Å². The Morgan fingerprint density at radius 1 is 1.40 bits per heavy atom. The maximum absolute atomic E-state index is 10.9. The van der Waals surface area contributed by atoms with E-state index in [0.717, 1.165) is 5.69 Å². The van der Waals surface area contributed by atoms with Gasteiger partial charge in [0.1, 0.15) is 5.56 Å². The van der Waals surface area contributed by atoms with Crippen molar-refractivity contribution < 1.29 is 9.78 Å². The van der Waals surface area contributed by atoms with Crippen LogP contribution >= 0.6 is 39.9 Å². The van der Waals surface area contributed by atoms with Crippen molar-refractivity contribution in [3.8, 4) is 0 Å². The van der Waals surface area contributed by atoms with Gasteiger partial charge in [0.2, 0.25) is 0 Å². The van der Waals surface area contributed by atoms with Crippen LogP contribution in [0.15, 0.2) is 16.7 Å². The Balaban J connectivity index is 0.00000196. The topological polar surface area (TPSA) is 31.2 Å². The molecule has 15 heavy (non-hydrogen) atoms. The summed E-state index contributed by atoms with van der Waals surface area (Å²) in [6.45, 7) is 6.27. The second-order valence-corrected chi connectivity index (χ2v) is 5.26. The fourth-order valence-corrected chi connectivity index (χ4v) is 1.85. The van der Waals surface area contributed by atoms with Crippen molar-refractivity contribution in [2.45, 2.75) is 26.2 Å². The Morgan fingerprint density at radius 3 is 2.27 bits per heavy atom. The first-order valence-electron chi connectivity index (χ1n) is 4.24. The highest BCUT2D eigenvalue weighted by Crippen LogP contribution is 2.21. The monoisotopic (exact) mass is 312 g/mol. The van der Waals surface area contributed by atoms with E-state index < -0.39 is 5.24 Å². The van der Waals surface area contributed by atoms with Crippen LogP contribution in [0.4, 0.5) is 0 Å². The number of aromatic amines is 1. The molecule has 0 bridgehead atoms. The lowest BCUT2D eigenvalue weighted by molar-refractivity contribution is -0.410. The fraction of sp³-hybridized carbons (Fsp3) is 0.400. The molecule has 1 aromatic heterocycles. The van der Waals surface area contributed by atoms with Gasteiger partial charge in [-0.05, 0) is 17.7 Å². The summed E-state index contributed by atoms with van der Waals surface area (Å²) >= 11 is 8.67. The Kier molecular flexibility index (Phi) is 5.24. The van der Waals surface area contributed by atoms with Gasteiger partial charge in [-0.3, -0.25) is 4.79 Å². The SMILES string of the molecule is CC(C)(C)c1ccc(C(=O)Cl)c(Br)[nH+]1.Cl. The third-order valence-corrected chi connectivity index (χ3v) is 2.75. The molecular formula is C10H13BrCl2NO+. The number of nitrogens with one attached hydrogen (secondary N) is 1. The van der Waals surface area contributed by atoms with E-state index in [-0.39, 0.29) is 17.8 Å². The van der Waals surface area contributed by atoms with Crippen LogP contribution in [0.1, 0.15) is 36.8 Å². The number of carbonyl (C=O) groups excluding carboxylic acids is 1. The fourth-order valence-electron chi connectivity index (χ4n) is 1.06. The number of hydrogen-bond acceptors (Lipinski definition) is 1. The summed E-state index contributed by atoms with van der Waals surface area (Å²) in [4.78, 5) is 14.1. The van der Waals surface area contributed by atoms with E-state index in [0.29, 0.717) is 10.2 Å². The van der Waals surface area contributed by atoms with Crippen molar-refractivity contribution in [1.82, 2.24) is 0 Å². The summed E-state index contributed by atoms with van der Waals surface area (Å²) in [5.74, 6) is 0. The minimum atomic E-state index is -0.464. The van der Waals surface area contributed by atoms with Gasteiger partial charge in [0.05, 0.1) is 0 Å². The lowest BCUT2D eigenvalue weighted by Crippen LogP contribution is -2.26. The highest BCUT2D eigenvalue weighted by molar-refractivity contribution is 9.10. The van der Waals surface area contributed by atoms with Crippen LogP contribution in [0, 0.1) is 0 Å². The average Bonchev–Trinajstić information content (AvgIpc) is 2.01. The zero-order valence-electron chi connectivity index (χ0n) is 8.73. The molecule has 0 aliphatic carbocycles. The van der Waals surface area contributed by atoms with Gasteiger partial charge in [-0.1, -0.05) is 20.8 Å². The van der Waals surface area contributed by atoms with Gasteiger partial charge >= 0.3 is 0 Å². The second kappa shape index (κ2) is 5.28. The first kappa shape index (κ1) is 14.9. The smallest absolute Gasteiger partial charge is 0.259 e. The Morgan fingerprint density at radius 2 is 1.93 bits per heavy atom. The van der Waals surface area contributed by atoms with Crippen LogP contribution in [0.2, 0.25) is 0 Å². The van der Waals surface area contributed by atoms with E-state index in [1.807, 2.05) is 6.07 Å². The summed E-state index contributed by atoms with van der Waals surface area (Å²) in [5, 5.41) is -0.464. The third-order valence-electron chi connectivity index (χ3n) is 1.92. The molecule has 1 aromatic rings. The molecule has 1 heterocycles. The van der Waals surface area contributed by atoms with Crippen LogP contribution in [0.3, 0.4) is 0 Å². The molecule has 0 aromatic carbocycles. The number of carbonyl (C=O) groups is 1. The van der Waals surface area contributed by atoms with Gasteiger partial charge in [-0.15, -0.1) is 12.4 Å². The van der Waals surface area contributed by atoms with E-state index in [1.54, 1.807) is 6.07 Å². The molecule has 0 radical (unpaired) electrons. The number of hydrogen-bond donors (Lipinski definition) is 0. The first-order chi connectivity index (χ1) is 6.32. The van der Waals surface area contributed by atoms with Gasteiger partial charge in [0.15, 0.2) is 5.69 Å². The summed E-state index contributed by atoms with van der Waals surface area (Å²) in [5.41, 5.74) is 1.53. The van der Waals surface area contributed by atoms with Gasteiger partial charge in [-0.25, -0.2) is 4.98 Å². The number of pyridine rings is 1. The predicted octanol–water partition coefficient (Wildman–Crippen LogP) is 3.36. The van der Waals surface area contributed by atoms with Crippen molar-refractivity contribution in [3.05, 3.63) is 28.0 Å². The summed E-state index contributed by atoms with van der Waals surface area (Å²) < 4.78 is 0.630. The van der Waals surface area contributed by atoms with Crippen molar-refractivity contribution >= 4 is 45.2 Å². The number of H-pyrrole nitrogens is 1. The zero-order chi connectivity index (χ0) is 10.9. The average molecular weight is 314 g/mol. The van der Waals surface area contributed by atoms with Crippen LogP contribution < -0.4 is 4.98 Å². The minimum Gasteiger partial charge on any atom is -0.275 e. The molecule has 1 rings (SSSR count). The maximum Gasteiger partial charge on any atom is 0.259 e. The van der Waals surface area contributed by atoms with Gasteiger partial charge < -0.3 is 0 Å². The van der Waals surface area contributed by atoms with Crippen molar-refractivity contribution in [2.24, 2.45) is 0 Å². The molecular weight excluding hydrogens is 301 g/mol. The van der Waals surface area contributed by atoms with Gasteiger partial charge in [0.25, 0.3) is 9.85 Å². The lowest BCUT2D eigenvalue weighted by atomic mass is 9.91. The lowest BCUT2D eigenvalue weighted by Gasteiger charge is -2.12. The van der Waals surface area contributed by atoms with E-state index in [2.05, 4.69) is 41.7 Å². The molecule has 5 heteroatoms. The van der Waals surface area contributed by atoms with Crippen LogP contribution in [-0.2, 0) is 5.41 Å². The van der Waals surface area contributed by atoms with E-state index >= 15 is 0 Å². The minimum absolute atomic E-state index is 0. The number of aromatic nitrogens is 1. The molecule has 0 atom stereocenters. The second-order valence-electron chi connectivity index (χ2n) is 4.12. The predicted molar refractivity (Wildman–Crippen MR) is 66.8 cm³/mol. The highest BCUT2D eigenvalue weighted by atomic mass is 79.9. The maximum atomic E-state index is 10.9. The zero-order valence-corrected chi connectivity index (χ0v) is 11.9. The summed E-state index contributed by atoms with van der Waals surface area (Å²) in [6, 6.07) is 3.59. The third kappa shape index (κ3) is 3.74. The van der Waals surface area contributed by atoms with Gasteiger partial charge in [0, 0.05) is 27.4 Å². The first-order valence-corrected chi connectivity index (χ1v) is 5.41. The van der Waals surface area contributed by atoms with Crippen molar-refractivity contribution in [3.63, 3.8) is 0 Å². The standard InChI is InChI=1S/C10H11BrClNO.ClH/c1-10(2,3)7-5-4-6(9(12)14)8(11)13-7;/h4-5H,1-3H3;1H/p+1. The molecule has 0 aliphatic heterocycles.